The molecular formula is C14H19N2. The zero-order valence-electron chi connectivity index (χ0n) is 9.73. The first-order valence-corrected chi connectivity index (χ1v) is 6.31. The van der Waals surface area contributed by atoms with E-state index in [1.165, 1.54) is 43.4 Å². The van der Waals surface area contributed by atoms with Crippen molar-refractivity contribution in [2.24, 2.45) is 0 Å². The molecule has 1 heterocycles. The number of fused-ring (bicyclic) bond motifs is 1. The molecule has 0 spiro atoms. The lowest BCUT2D eigenvalue weighted by Gasteiger charge is -2.37. The molecule has 0 atom stereocenters. The van der Waals surface area contributed by atoms with E-state index in [1.807, 2.05) is 0 Å². The van der Waals surface area contributed by atoms with Crippen LogP contribution in [0.15, 0.2) is 24.3 Å². The Morgan fingerprint density at radius 3 is 2.62 bits per heavy atom. The molecule has 3 rings (SSSR count). The third kappa shape index (κ3) is 1.61. The molecule has 1 saturated carbocycles. The molecule has 0 N–H and O–H groups in total. The van der Waals surface area contributed by atoms with Gasteiger partial charge in [-0.05, 0) is 24.5 Å². The Hall–Kier alpha value is -1.02. The van der Waals surface area contributed by atoms with E-state index in [-0.39, 0.29) is 0 Å². The van der Waals surface area contributed by atoms with Gasteiger partial charge in [0.25, 0.3) is 0 Å². The van der Waals surface area contributed by atoms with Gasteiger partial charge < -0.3 is 5.01 Å². The number of rotatable bonds is 1. The summed E-state index contributed by atoms with van der Waals surface area (Å²) in [4.78, 5) is 0. The SMILES string of the molecule is [CH2]N1Cc2ccccc2N1C1CCCCC1. The average Bonchev–Trinajstić information content (AvgIpc) is 2.66. The Morgan fingerprint density at radius 2 is 1.81 bits per heavy atom. The van der Waals surface area contributed by atoms with Crippen molar-refractivity contribution >= 4 is 5.69 Å². The molecule has 1 aromatic carbocycles. The number of benzene rings is 1. The summed E-state index contributed by atoms with van der Waals surface area (Å²) >= 11 is 0. The van der Waals surface area contributed by atoms with Crippen LogP contribution in [0.3, 0.4) is 0 Å². The fourth-order valence-corrected chi connectivity index (χ4v) is 3.05. The standard InChI is InChI=1S/C14H19N2/c1-15-11-12-7-5-6-10-14(12)16(15)13-8-3-2-4-9-13/h5-7,10,13H,1-4,8-9,11H2. The van der Waals surface area contributed by atoms with Gasteiger partial charge in [0, 0.05) is 19.6 Å². The van der Waals surface area contributed by atoms with Crippen LogP contribution in [0.25, 0.3) is 0 Å². The minimum absolute atomic E-state index is 0.676. The Kier molecular flexibility index (Phi) is 2.60. The van der Waals surface area contributed by atoms with Gasteiger partial charge in [0.15, 0.2) is 0 Å². The van der Waals surface area contributed by atoms with Gasteiger partial charge in [-0.15, -0.1) is 0 Å². The monoisotopic (exact) mass is 215 g/mol. The number of para-hydroxylation sites is 1. The fourth-order valence-electron chi connectivity index (χ4n) is 3.05. The molecule has 2 nitrogen and oxygen atoms in total. The van der Waals surface area contributed by atoms with Crippen molar-refractivity contribution in [3.05, 3.63) is 36.9 Å². The molecule has 1 aliphatic heterocycles. The summed E-state index contributed by atoms with van der Waals surface area (Å²) in [6, 6.07) is 9.38. The number of anilines is 1. The third-order valence-electron chi connectivity index (χ3n) is 3.82. The third-order valence-corrected chi connectivity index (χ3v) is 3.82. The van der Waals surface area contributed by atoms with E-state index in [9.17, 15) is 0 Å². The molecule has 1 radical (unpaired) electrons. The van der Waals surface area contributed by atoms with Gasteiger partial charge >= 0.3 is 0 Å². The lowest BCUT2D eigenvalue weighted by atomic mass is 9.95. The maximum Gasteiger partial charge on any atom is 0.0571 e. The van der Waals surface area contributed by atoms with Crippen molar-refractivity contribution in [1.29, 1.82) is 0 Å². The second kappa shape index (κ2) is 4.10. The van der Waals surface area contributed by atoms with Crippen LogP contribution >= 0.6 is 0 Å². The summed E-state index contributed by atoms with van der Waals surface area (Å²) in [5, 5.41) is 4.56. The molecule has 2 heteroatoms. The van der Waals surface area contributed by atoms with Gasteiger partial charge in [0.05, 0.1) is 5.69 Å². The second-order valence-corrected chi connectivity index (χ2v) is 4.93. The van der Waals surface area contributed by atoms with Crippen molar-refractivity contribution in [2.45, 2.75) is 44.7 Å². The van der Waals surface area contributed by atoms with E-state index in [0.717, 1.165) is 6.54 Å². The van der Waals surface area contributed by atoms with E-state index in [0.29, 0.717) is 6.04 Å². The zero-order chi connectivity index (χ0) is 11.0. The quantitative estimate of drug-likeness (QED) is 0.709. The average molecular weight is 215 g/mol. The molecule has 0 unspecified atom stereocenters. The second-order valence-electron chi connectivity index (χ2n) is 4.93. The van der Waals surface area contributed by atoms with Gasteiger partial charge in [-0.1, -0.05) is 37.5 Å². The zero-order valence-corrected chi connectivity index (χ0v) is 9.73. The van der Waals surface area contributed by atoms with Crippen LogP contribution in [-0.2, 0) is 6.54 Å². The van der Waals surface area contributed by atoms with E-state index in [4.69, 9.17) is 0 Å². The Morgan fingerprint density at radius 1 is 1.06 bits per heavy atom. The Bertz CT molecular complexity index is 369. The van der Waals surface area contributed by atoms with Gasteiger partial charge in [-0.25, -0.2) is 5.01 Å². The molecule has 1 aromatic rings. The molecule has 85 valence electrons. The topological polar surface area (TPSA) is 6.48 Å². The van der Waals surface area contributed by atoms with Crippen molar-refractivity contribution in [3.8, 4) is 0 Å². The summed E-state index contributed by atoms with van der Waals surface area (Å²) in [7, 11) is 4.17. The minimum atomic E-state index is 0.676. The maximum absolute atomic E-state index is 4.17. The van der Waals surface area contributed by atoms with Gasteiger partial charge in [-0.2, -0.15) is 0 Å². The van der Waals surface area contributed by atoms with Crippen LogP contribution in [-0.4, -0.2) is 11.1 Å². The molecule has 0 amide bonds. The van der Waals surface area contributed by atoms with Gasteiger partial charge in [-0.3, -0.25) is 0 Å². The van der Waals surface area contributed by atoms with Crippen molar-refractivity contribution in [2.75, 3.05) is 5.01 Å². The number of hydrogen-bond acceptors (Lipinski definition) is 2. The van der Waals surface area contributed by atoms with Crippen molar-refractivity contribution in [3.63, 3.8) is 0 Å². The molecule has 16 heavy (non-hydrogen) atoms. The summed E-state index contributed by atoms with van der Waals surface area (Å²) < 4.78 is 0. The van der Waals surface area contributed by atoms with Crippen molar-refractivity contribution < 1.29 is 0 Å². The molecule has 0 saturated heterocycles. The van der Waals surface area contributed by atoms with E-state index >= 15 is 0 Å². The lowest BCUT2D eigenvalue weighted by Crippen LogP contribution is -2.42. The van der Waals surface area contributed by atoms with E-state index in [1.54, 1.807) is 0 Å². The van der Waals surface area contributed by atoms with Crippen LogP contribution in [0.1, 0.15) is 37.7 Å². The largest absolute Gasteiger partial charge is 0.302 e. The molecular weight excluding hydrogens is 196 g/mol. The van der Waals surface area contributed by atoms with E-state index < -0.39 is 0 Å². The Balaban J connectivity index is 1.89. The molecule has 0 aromatic heterocycles. The summed E-state index contributed by atoms with van der Waals surface area (Å²) in [5.74, 6) is 0. The predicted molar refractivity (Wildman–Crippen MR) is 66.7 cm³/mol. The molecule has 1 aliphatic carbocycles. The minimum Gasteiger partial charge on any atom is -0.302 e. The van der Waals surface area contributed by atoms with Gasteiger partial charge in [0.1, 0.15) is 0 Å². The normalized spacial score (nSPS) is 22.4. The lowest BCUT2D eigenvalue weighted by molar-refractivity contribution is 0.277. The predicted octanol–water partition coefficient (Wildman–Crippen LogP) is 3.35. The molecule has 1 fully saturated rings. The highest BCUT2D eigenvalue weighted by molar-refractivity contribution is 5.57. The summed E-state index contributed by atoms with van der Waals surface area (Å²) in [6.45, 7) is 0.965. The Labute approximate surface area is 97.8 Å². The highest BCUT2D eigenvalue weighted by atomic mass is 15.6. The van der Waals surface area contributed by atoms with Crippen molar-refractivity contribution in [1.82, 2.24) is 5.01 Å². The highest BCUT2D eigenvalue weighted by Gasteiger charge is 2.30. The first-order chi connectivity index (χ1) is 7.86. The maximum atomic E-state index is 4.17. The number of hydrazine groups is 1. The smallest absolute Gasteiger partial charge is 0.0571 e. The first kappa shape index (κ1) is 10.2. The molecule has 0 bridgehead atoms. The number of hydrogen-bond donors (Lipinski definition) is 0. The van der Waals surface area contributed by atoms with E-state index in [2.05, 4.69) is 41.3 Å². The van der Waals surface area contributed by atoms with Crippen LogP contribution in [0, 0.1) is 7.05 Å². The number of nitrogens with zero attached hydrogens (tertiary/aromatic N) is 2. The summed E-state index contributed by atoms with van der Waals surface area (Å²) in [6.07, 6.45) is 6.79. The van der Waals surface area contributed by atoms with Crippen LogP contribution < -0.4 is 5.01 Å². The van der Waals surface area contributed by atoms with Crippen LogP contribution in [0.4, 0.5) is 5.69 Å². The van der Waals surface area contributed by atoms with Crippen LogP contribution in [0.2, 0.25) is 0 Å². The first-order valence-electron chi connectivity index (χ1n) is 6.31. The van der Waals surface area contributed by atoms with Crippen LogP contribution in [0.5, 0.6) is 0 Å². The highest BCUT2D eigenvalue weighted by Crippen LogP contribution is 2.36. The molecule has 2 aliphatic rings. The fraction of sp³-hybridized carbons (Fsp3) is 0.500. The van der Waals surface area contributed by atoms with Gasteiger partial charge in [0.2, 0.25) is 0 Å². The summed E-state index contributed by atoms with van der Waals surface area (Å²) in [5.41, 5.74) is 2.80.